The summed E-state index contributed by atoms with van der Waals surface area (Å²) in [5.74, 6) is 0.719. The van der Waals surface area contributed by atoms with E-state index in [1.54, 1.807) is 11.3 Å². The lowest BCUT2D eigenvalue weighted by Crippen LogP contribution is -2.21. The molecule has 0 spiro atoms. The number of thiophene rings is 1. The number of rotatable bonds is 4. The van der Waals surface area contributed by atoms with Gasteiger partial charge in [0.2, 0.25) is 5.89 Å². The van der Waals surface area contributed by atoms with Gasteiger partial charge in [-0.3, -0.25) is 4.90 Å². The minimum Gasteiger partial charge on any atom is -0.439 e. The van der Waals surface area contributed by atoms with Crippen LogP contribution in [0.2, 0.25) is 0 Å². The Hall–Kier alpha value is -1.85. The molecule has 0 aliphatic heterocycles. The highest BCUT2D eigenvalue weighted by molar-refractivity contribution is 7.10. The molecule has 1 unspecified atom stereocenters. The second kappa shape index (κ2) is 5.26. The van der Waals surface area contributed by atoms with Crippen molar-refractivity contribution in [2.75, 3.05) is 12.8 Å². The molecule has 20 heavy (non-hydrogen) atoms. The predicted molar refractivity (Wildman–Crippen MR) is 82.6 cm³/mol. The fourth-order valence-corrected chi connectivity index (χ4v) is 3.00. The van der Waals surface area contributed by atoms with Crippen LogP contribution in [-0.2, 0) is 6.54 Å². The SMILES string of the molecule is CC(c1cccs1)N(C)Cc1nc2cc(N)ccc2o1. The molecule has 2 N–H and O–H groups in total. The van der Waals surface area contributed by atoms with Crippen molar-refractivity contribution in [2.24, 2.45) is 0 Å². The Morgan fingerprint density at radius 2 is 2.25 bits per heavy atom. The van der Waals surface area contributed by atoms with Gasteiger partial charge in [-0.1, -0.05) is 6.07 Å². The topological polar surface area (TPSA) is 55.3 Å². The third-order valence-corrected chi connectivity index (χ3v) is 4.50. The maximum atomic E-state index is 5.76. The molecule has 5 heteroatoms. The van der Waals surface area contributed by atoms with E-state index in [0.29, 0.717) is 18.3 Å². The molecule has 0 saturated carbocycles. The Labute approximate surface area is 121 Å². The van der Waals surface area contributed by atoms with Crippen molar-refractivity contribution in [3.63, 3.8) is 0 Å². The largest absolute Gasteiger partial charge is 0.439 e. The van der Waals surface area contributed by atoms with Gasteiger partial charge in [0.25, 0.3) is 0 Å². The van der Waals surface area contributed by atoms with E-state index >= 15 is 0 Å². The van der Waals surface area contributed by atoms with Crippen molar-refractivity contribution >= 4 is 28.1 Å². The summed E-state index contributed by atoms with van der Waals surface area (Å²) >= 11 is 1.77. The van der Waals surface area contributed by atoms with Gasteiger partial charge in [-0.15, -0.1) is 11.3 Å². The zero-order valence-electron chi connectivity index (χ0n) is 11.5. The van der Waals surface area contributed by atoms with E-state index in [-0.39, 0.29) is 0 Å². The Morgan fingerprint density at radius 3 is 3.00 bits per heavy atom. The molecule has 104 valence electrons. The van der Waals surface area contributed by atoms with Crippen molar-refractivity contribution < 1.29 is 4.42 Å². The van der Waals surface area contributed by atoms with Gasteiger partial charge < -0.3 is 10.2 Å². The third kappa shape index (κ3) is 2.55. The van der Waals surface area contributed by atoms with Gasteiger partial charge in [0.1, 0.15) is 5.52 Å². The van der Waals surface area contributed by atoms with Crippen molar-refractivity contribution in [1.82, 2.24) is 9.88 Å². The number of nitrogens with two attached hydrogens (primary N) is 1. The highest BCUT2D eigenvalue weighted by atomic mass is 32.1. The zero-order chi connectivity index (χ0) is 14.1. The van der Waals surface area contributed by atoms with Crippen LogP contribution in [0.1, 0.15) is 23.7 Å². The van der Waals surface area contributed by atoms with Gasteiger partial charge in [-0.2, -0.15) is 0 Å². The first kappa shape index (κ1) is 13.1. The number of hydrogen-bond acceptors (Lipinski definition) is 5. The van der Waals surface area contributed by atoms with Gasteiger partial charge >= 0.3 is 0 Å². The summed E-state index contributed by atoms with van der Waals surface area (Å²) in [4.78, 5) is 8.06. The van der Waals surface area contributed by atoms with E-state index in [2.05, 4.69) is 41.4 Å². The van der Waals surface area contributed by atoms with Crippen LogP contribution in [0.15, 0.2) is 40.1 Å². The molecule has 0 aliphatic rings. The Morgan fingerprint density at radius 1 is 1.40 bits per heavy atom. The second-order valence-electron chi connectivity index (χ2n) is 4.94. The fraction of sp³-hybridized carbons (Fsp3) is 0.267. The first-order chi connectivity index (χ1) is 9.63. The minimum absolute atomic E-state index is 0.343. The molecular formula is C15H17N3OS. The Balaban J connectivity index is 1.78. The van der Waals surface area contributed by atoms with Crippen LogP contribution in [0.4, 0.5) is 5.69 Å². The number of oxazole rings is 1. The van der Waals surface area contributed by atoms with Gasteiger partial charge in [0.15, 0.2) is 5.58 Å². The summed E-state index contributed by atoms with van der Waals surface area (Å²) in [7, 11) is 2.08. The van der Waals surface area contributed by atoms with Crippen molar-refractivity contribution in [3.8, 4) is 0 Å². The number of hydrogen-bond donors (Lipinski definition) is 1. The van der Waals surface area contributed by atoms with Crippen LogP contribution in [0.5, 0.6) is 0 Å². The lowest BCUT2D eigenvalue weighted by Gasteiger charge is -2.21. The molecule has 0 amide bonds. The molecule has 0 bridgehead atoms. The van der Waals surface area contributed by atoms with E-state index in [4.69, 9.17) is 10.2 Å². The standard InChI is InChI=1S/C15H17N3OS/c1-10(14-4-3-7-20-14)18(2)9-15-17-12-8-11(16)5-6-13(12)19-15/h3-8,10H,9,16H2,1-2H3. The number of fused-ring (bicyclic) bond motifs is 1. The first-order valence-electron chi connectivity index (χ1n) is 6.52. The van der Waals surface area contributed by atoms with Crippen LogP contribution in [0.3, 0.4) is 0 Å². The second-order valence-corrected chi connectivity index (χ2v) is 5.92. The van der Waals surface area contributed by atoms with E-state index < -0.39 is 0 Å². The number of nitrogen functional groups attached to an aromatic ring is 1. The number of anilines is 1. The highest BCUT2D eigenvalue weighted by Gasteiger charge is 2.15. The fourth-order valence-electron chi connectivity index (χ4n) is 2.16. The lowest BCUT2D eigenvalue weighted by atomic mass is 10.2. The smallest absolute Gasteiger partial charge is 0.209 e. The molecule has 0 radical (unpaired) electrons. The zero-order valence-corrected chi connectivity index (χ0v) is 12.4. The van der Waals surface area contributed by atoms with Gasteiger partial charge in [-0.05, 0) is 43.6 Å². The molecule has 2 heterocycles. The minimum atomic E-state index is 0.343. The van der Waals surface area contributed by atoms with Crippen LogP contribution >= 0.6 is 11.3 Å². The summed E-state index contributed by atoms with van der Waals surface area (Å²) in [5, 5.41) is 2.10. The lowest BCUT2D eigenvalue weighted by molar-refractivity contribution is 0.233. The highest BCUT2D eigenvalue weighted by Crippen LogP contribution is 2.25. The van der Waals surface area contributed by atoms with Gasteiger partial charge in [0.05, 0.1) is 6.54 Å². The summed E-state index contributed by atoms with van der Waals surface area (Å²) < 4.78 is 5.76. The Bertz CT molecular complexity index is 705. The van der Waals surface area contributed by atoms with Gasteiger partial charge in [0, 0.05) is 16.6 Å². The first-order valence-corrected chi connectivity index (χ1v) is 7.40. The Kier molecular flexibility index (Phi) is 3.46. The summed E-state index contributed by atoms with van der Waals surface area (Å²) in [5.41, 5.74) is 8.06. The molecule has 1 atom stereocenters. The molecule has 4 nitrogen and oxygen atoms in total. The summed E-state index contributed by atoms with van der Waals surface area (Å²) in [6, 6.07) is 10.1. The summed E-state index contributed by atoms with van der Waals surface area (Å²) in [6.07, 6.45) is 0. The molecule has 3 rings (SSSR count). The quantitative estimate of drug-likeness (QED) is 0.744. The molecule has 2 aromatic heterocycles. The van der Waals surface area contributed by atoms with Crippen molar-refractivity contribution in [2.45, 2.75) is 19.5 Å². The maximum absolute atomic E-state index is 5.76. The van der Waals surface area contributed by atoms with E-state index in [0.717, 1.165) is 17.0 Å². The van der Waals surface area contributed by atoms with Crippen LogP contribution in [0, 0.1) is 0 Å². The molecule has 1 aromatic carbocycles. The summed E-state index contributed by atoms with van der Waals surface area (Å²) in [6.45, 7) is 2.86. The monoisotopic (exact) mass is 287 g/mol. The van der Waals surface area contributed by atoms with Crippen LogP contribution in [0.25, 0.3) is 11.1 Å². The van der Waals surface area contributed by atoms with Crippen LogP contribution in [-0.4, -0.2) is 16.9 Å². The predicted octanol–water partition coefficient (Wildman–Crippen LogP) is 3.66. The molecule has 3 aromatic rings. The molecule has 0 aliphatic carbocycles. The van der Waals surface area contributed by atoms with E-state index in [9.17, 15) is 0 Å². The third-order valence-electron chi connectivity index (χ3n) is 3.46. The molecule has 0 saturated heterocycles. The number of aromatic nitrogens is 1. The average molecular weight is 287 g/mol. The van der Waals surface area contributed by atoms with E-state index in [1.807, 2.05) is 18.2 Å². The van der Waals surface area contributed by atoms with E-state index in [1.165, 1.54) is 4.88 Å². The van der Waals surface area contributed by atoms with Crippen LogP contribution < -0.4 is 5.73 Å². The average Bonchev–Trinajstić information content (AvgIpc) is 3.05. The van der Waals surface area contributed by atoms with Crippen molar-refractivity contribution in [1.29, 1.82) is 0 Å². The number of benzene rings is 1. The molecular weight excluding hydrogens is 270 g/mol. The molecule has 0 fully saturated rings. The normalized spacial score (nSPS) is 13.2. The van der Waals surface area contributed by atoms with Crippen molar-refractivity contribution in [3.05, 3.63) is 46.5 Å². The maximum Gasteiger partial charge on any atom is 0.209 e. The van der Waals surface area contributed by atoms with Gasteiger partial charge in [-0.25, -0.2) is 4.98 Å². The number of nitrogens with zero attached hydrogens (tertiary/aromatic N) is 2.